The Labute approximate surface area is 147 Å². The van der Waals surface area contributed by atoms with Crippen molar-refractivity contribution in [1.29, 1.82) is 0 Å². The van der Waals surface area contributed by atoms with Gasteiger partial charge in [-0.3, -0.25) is 0 Å². The first kappa shape index (κ1) is 17.0. The fraction of sp³-hybridized carbons (Fsp3) is 0.375. The van der Waals surface area contributed by atoms with Crippen LogP contribution in [0.2, 0.25) is 0 Å². The average molecular weight is 433 g/mol. The van der Waals surface area contributed by atoms with E-state index in [4.69, 9.17) is 10.5 Å². The Morgan fingerprint density at radius 1 is 1.24 bits per heavy atom. The van der Waals surface area contributed by atoms with Crippen LogP contribution in [-0.2, 0) is 12.8 Å². The van der Waals surface area contributed by atoms with Gasteiger partial charge >= 0.3 is 0 Å². The molecule has 5 heteroatoms. The van der Waals surface area contributed by atoms with Gasteiger partial charge < -0.3 is 10.5 Å². The van der Waals surface area contributed by atoms with Crippen LogP contribution in [0.1, 0.15) is 24.5 Å². The first-order valence-corrected chi connectivity index (χ1v) is 9.50. The van der Waals surface area contributed by atoms with E-state index in [-0.39, 0.29) is 6.04 Å². The summed E-state index contributed by atoms with van der Waals surface area (Å²) in [6, 6.07) is 6.53. The molecule has 1 atom stereocenters. The molecule has 2 N–H and O–H groups in total. The molecule has 2 rings (SSSR count). The SMILES string of the molecule is CCC(N)Cc1cc(Br)c(OCCc2ccsc2)c(Br)c1. The fourth-order valence-corrected chi connectivity index (χ4v) is 4.23. The van der Waals surface area contributed by atoms with Gasteiger partial charge in [0.05, 0.1) is 15.6 Å². The second kappa shape index (κ2) is 8.32. The molecule has 114 valence electrons. The predicted octanol–water partition coefficient (Wildman–Crippen LogP) is 5.17. The third-order valence-corrected chi connectivity index (χ3v) is 5.21. The van der Waals surface area contributed by atoms with Crippen LogP contribution in [0, 0.1) is 0 Å². The van der Waals surface area contributed by atoms with Gasteiger partial charge in [0, 0.05) is 12.5 Å². The van der Waals surface area contributed by atoms with Crippen LogP contribution in [-0.4, -0.2) is 12.6 Å². The molecule has 0 aliphatic heterocycles. The zero-order valence-electron chi connectivity index (χ0n) is 11.9. The standard InChI is InChI=1S/C16H19Br2NOS/c1-2-13(19)7-12-8-14(17)16(15(18)9-12)20-5-3-11-4-6-21-10-11/h4,6,8-10,13H,2-3,5,7,19H2,1H3. The maximum atomic E-state index is 6.02. The summed E-state index contributed by atoms with van der Waals surface area (Å²) in [4.78, 5) is 0. The number of ether oxygens (including phenoxy) is 1. The van der Waals surface area contributed by atoms with Gasteiger partial charge in [-0.1, -0.05) is 6.92 Å². The van der Waals surface area contributed by atoms with Gasteiger partial charge in [-0.25, -0.2) is 0 Å². The predicted molar refractivity (Wildman–Crippen MR) is 97.3 cm³/mol. The second-order valence-corrected chi connectivity index (χ2v) is 7.48. The fourth-order valence-electron chi connectivity index (χ4n) is 2.02. The Hall–Kier alpha value is -0.360. The Kier molecular flexibility index (Phi) is 6.74. The van der Waals surface area contributed by atoms with E-state index in [1.807, 2.05) is 0 Å². The first-order chi connectivity index (χ1) is 10.1. The molecule has 1 heterocycles. The summed E-state index contributed by atoms with van der Waals surface area (Å²) in [6.07, 6.45) is 2.78. The van der Waals surface area contributed by atoms with Crippen LogP contribution in [0.25, 0.3) is 0 Å². The van der Waals surface area contributed by atoms with Gasteiger partial charge in [0.15, 0.2) is 0 Å². The molecule has 0 aliphatic carbocycles. The van der Waals surface area contributed by atoms with E-state index in [0.717, 1.165) is 34.0 Å². The third kappa shape index (κ3) is 5.09. The van der Waals surface area contributed by atoms with E-state index in [9.17, 15) is 0 Å². The molecule has 0 spiro atoms. The van der Waals surface area contributed by atoms with Crippen molar-refractivity contribution >= 4 is 43.2 Å². The lowest BCUT2D eigenvalue weighted by molar-refractivity contribution is 0.318. The van der Waals surface area contributed by atoms with Crippen molar-refractivity contribution in [2.24, 2.45) is 5.73 Å². The number of hydrogen-bond donors (Lipinski definition) is 1. The molecule has 21 heavy (non-hydrogen) atoms. The van der Waals surface area contributed by atoms with Crippen molar-refractivity contribution in [3.05, 3.63) is 49.0 Å². The number of benzene rings is 1. The van der Waals surface area contributed by atoms with Crippen LogP contribution in [0.4, 0.5) is 0 Å². The highest BCUT2D eigenvalue weighted by atomic mass is 79.9. The highest BCUT2D eigenvalue weighted by Gasteiger charge is 2.11. The summed E-state index contributed by atoms with van der Waals surface area (Å²) in [5.41, 5.74) is 8.55. The zero-order valence-corrected chi connectivity index (χ0v) is 15.9. The van der Waals surface area contributed by atoms with E-state index < -0.39 is 0 Å². The highest BCUT2D eigenvalue weighted by molar-refractivity contribution is 9.11. The van der Waals surface area contributed by atoms with Gasteiger partial charge in [-0.05, 0) is 84.8 Å². The van der Waals surface area contributed by atoms with Crippen LogP contribution in [0.3, 0.4) is 0 Å². The number of rotatable bonds is 7. The monoisotopic (exact) mass is 431 g/mol. The number of halogens is 2. The van der Waals surface area contributed by atoms with Crippen LogP contribution < -0.4 is 10.5 Å². The van der Waals surface area contributed by atoms with Crippen molar-refractivity contribution in [1.82, 2.24) is 0 Å². The minimum Gasteiger partial charge on any atom is -0.491 e. The molecule has 0 bridgehead atoms. The van der Waals surface area contributed by atoms with Crippen LogP contribution in [0.5, 0.6) is 5.75 Å². The maximum Gasteiger partial charge on any atom is 0.147 e. The zero-order chi connectivity index (χ0) is 15.2. The molecule has 1 aromatic carbocycles. The van der Waals surface area contributed by atoms with Gasteiger partial charge in [0.2, 0.25) is 0 Å². The number of hydrogen-bond acceptors (Lipinski definition) is 3. The van der Waals surface area contributed by atoms with Crippen molar-refractivity contribution < 1.29 is 4.74 Å². The Morgan fingerprint density at radius 3 is 2.52 bits per heavy atom. The van der Waals surface area contributed by atoms with Crippen LogP contribution >= 0.6 is 43.2 Å². The molecule has 0 saturated heterocycles. The molecular weight excluding hydrogens is 414 g/mol. The molecule has 0 saturated carbocycles. The number of nitrogens with two attached hydrogens (primary N) is 1. The average Bonchev–Trinajstić information content (AvgIpc) is 2.95. The first-order valence-electron chi connectivity index (χ1n) is 6.97. The second-order valence-electron chi connectivity index (χ2n) is 4.99. The Bertz CT molecular complexity index is 549. The number of thiophene rings is 1. The van der Waals surface area contributed by atoms with Crippen molar-refractivity contribution in [2.75, 3.05) is 6.61 Å². The van der Waals surface area contributed by atoms with Crippen molar-refractivity contribution in [2.45, 2.75) is 32.2 Å². The van der Waals surface area contributed by atoms with Gasteiger partial charge in [0.25, 0.3) is 0 Å². The summed E-state index contributed by atoms with van der Waals surface area (Å²) >= 11 is 8.91. The molecule has 0 radical (unpaired) electrons. The van der Waals surface area contributed by atoms with Crippen molar-refractivity contribution in [3.8, 4) is 5.75 Å². The Balaban J connectivity index is 1.99. The molecule has 2 aromatic rings. The normalized spacial score (nSPS) is 12.4. The molecular formula is C16H19Br2NOS. The lowest BCUT2D eigenvalue weighted by atomic mass is 10.0. The van der Waals surface area contributed by atoms with Gasteiger partial charge in [0.1, 0.15) is 5.75 Å². The molecule has 2 nitrogen and oxygen atoms in total. The van der Waals surface area contributed by atoms with E-state index in [1.54, 1.807) is 11.3 Å². The maximum absolute atomic E-state index is 6.02. The molecule has 1 aromatic heterocycles. The molecule has 1 unspecified atom stereocenters. The van der Waals surface area contributed by atoms with Gasteiger partial charge in [-0.15, -0.1) is 0 Å². The lowest BCUT2D eigenvalue weighted by Crippen LogP contribution is -2.21. The lowest BCUT2D eigenvalue weighted by Gasteiger charge is -2.14. The van der Waals surface area contributed by atoms with E-state index in [0.29, 0.717) is 6.61 Å². The molecule has 0 fully saturated rings. The third-order valence-electron chi connectivity index (χ3n) is 3.30. The van der Waals surface area contributed by atoms with E-state index in [2.05, 4.69) is 67.7 Å². The summed E-state index contributed by atoms with van der Waals surface area (Å²) in [5, 5.41) is 4.25. The highest BCUT2D eigenvalue weighted by Crippen LogP contribution is 2.35. The minimum absolute atomic E-state index is 0.203. The topological polar surface area (TPSA) is 35.2 Å². The van der Waals surface area contributed by atoms with Crippen LogP contribution in [0.15, 0.2) is 37.9 Å². The molecule has 0 amide bonds. The summed E-state index contributed by atoms with van der Waals surface area (Å²) < 4.78 is 7.85. The Morgan fingerprint density at radius 2 is 1.95 bits per heavy atom. The summed E-state index contributed by atoms with van der Waals surface area (Å²) in [7, 11) is 0. The minimum atomic E-state index is 0.203. The quantitative estimate of drug-likeness (QED) is 0.654. The molecule has 0 aliphatic rings. The summed E-state index contributed by atoms with van der Waals surface area (Å²) in [6.45, 7) is 2.78. The van der Waals surface area contributed by atoms with Gasteiger partial charge in [-0.2, -0.15) is 11.3 Å². The summed E-state index contributed by atoms with van der Waals surface area (Å²) in [5.74, 6) is 0.860. The van der Waals surface area contributed by atoms with E-state index in [1.165, 1.54) is 11.1 Å². The van der Waals surface area contributed by atoms with Crippen molar-refractivity contribution in [3.63, 3.8) is 0 Å². The van der Waals surface area contributed by atoms with E-state index >= 15 is 0 Å². The smallest absolute Gasteiger partial charge is 0.147 e. The largest absolute Gasteiger partial charge is 0.491 e.